The molecule has 2 aromatic rings. The van der Waals surface area contributed by atoms with Crippen LogP contribution >= 0.6 is 0 Å². The Labute approximate surface area is 152 Å². The fraction of sp³-hybridized carbons (Fsp3) is 0.278. The van der Waals surface area contributed by atoms with Crippen LogP contribution in [0.4, 0.5) is 0 Å². The van der Waals surface area contributed by atoms with Crippen molar-refractivity contribution in [1.82, 2.24) is 10.0 Å². The van der Waals surface area contributed by atoms with Gasteiger partial charge in [-0.1, -0.05) is 24.3 Å². The van der Waals surface area contributed by atoms with Crippen LogP contribution in [0.1, 0.15) is 27.5 Å². The lowest BCUT2D eigenvalue weighted by atomic mass is 9.95. The number of carbonyl (C=O) groups is 1. The minimum atomic E-state index is -3.80. The van der Waals surface area contributed by atoms with Gasteiger partial charge in [-0.2, -0.15) is 0 Å². The van der Waals surface area contributed by atoms with Gasteiger partial charge in [0.05, 0.1) is 17.6 Å². The first-order chi connectivity index (χ1) is 12.4. The van der Waals surface area contributed by atoms with Gasteiger partial charge >= 0.3 is 0 Å². The van der Waals surface area contributed by atoms with E-state index in [1.165, 1.54) is 30.9 Å². The van der Waals surface area contributed by atoms with Gasteiger partial charge < -0.3 is 15.8 Å². The van der Waals surface area contributed by atoms with Gasteiger partial charge in [-0.15, -0.1) is 0 Å². The van der Waals surface area contributed by atoms with Crippen LogP contribution in [-0.4, -0.2) is 34.5 Å². The van der Waals surface area contributed by atoms with Gasteiger partial charge in [-0.05, 0) is 42.3 Å². The highest BCUT2D eigenvalue weighted by Crippen LogP contribution is 2.24. The van der Waals surface area contributed by atoms with Gasteiger partial charge in [0.15, 0.2) is 0 Å². The van der Waals surface area contributed by atoms with Crippen molar-refractivity contribution < 1.29 is 17.9 Å². The van der Waals surface area contributed by atoms with E-state index in [-0.39, 0.29) is 28.8 Å². The van der Waals surface area contributed by atoms with E-state index >= 15 is 0 Å². The quantitative estimate of drug-likeness (QED) is 0.696. The van der Waals surface area contributed by atoms with Crippen molar-refractivity contribution in [2.45, 2.75) is 17.4 Å². The van der Waals surface area contributed by atoms with E-state index < -0.39 is 15.9 Å². The number of carbonyl (C=O) groups excluding carboxylic acids is 1. The molecule has 4 N–H and O–H groups in total. The predicted molar refractivity (Wildman–Crippen MR) is 97.6 cm³/mol. The maximum Gasteiger partial charge on any atom is 0.252 e. The van der Waals surface area contributed by atoms with Crippen molar-refractivity contribution in [3.05, 3.63) is 59.2 Å². The molecule has 1 unspecified atom stereocenters. The Morgan fingerprint density at radius 3 is 2.81 bits per heavy atom. The molecule has 1 amide bonds. The first-order valence-corrected chi connectivity index (χ1v) is 9.69. The average molecular weight is 375 g/mol. The zero-order valence-corrected chi connectivity index (χ0v) is 15.2. The topological polar surface area (TPSA) is 111 Å². The third kappa shape index (κ3) is 3.72. The van der Waals surface area contributed by atoms with E-state index in [1.54, 1.807) is 0 Å². The second-order valence-corrected chi connectivity index (χ2v) is 7.80. The zero-order chi connectivity index (χ0) is 18.7. The molecule has 0 saturated carbocycles. The smallest absolute Gasteiger partial charge is 0.252 e. The average Bonchev–Trinajstić information content (AvgIpc) is 2.65. The summed E-state index contributed by atoms with van der Waals surface area (Å²) in [6.45, 7) is 0.995. The molecule has 0 radical (unpaired) electrons. The summed E-state index contributed by atoms with van der Waals surface area (Å²) in [4.78, 5) is 11.5. The van der Waals surface area contributed by atoms with Gasteiger partial charge in [0, 0.05) is 12.6 Å². The van der Waals surface area contributed by atoms with Crippen LogP contribution in [0.5, 0.6) is 5.75 Å². The van der Waals surface area contributed by atoms with Gasteiger partial charge in [0.2, 0.25) is 10.0 Å². The fourth-order valence-corrected chi connectivity index (χ4v) is 4.17. The predicted octanol–water partition coefficient (Wildman–Crippen LogP) is 0.959. The first-order valence-electron chi connectivity index (χ1n) is 8.21. The summed E-state index contributed by atoms with van der Waals surface area (Å²) >= 11 is 0. The number of hydrogen-bond donors (Lipinski definition) is 3. The SMILES string of the molecule is COc1ccc(S(=O)(=O)NCC2NCCc3ccccc32)cc1C(N)=O. The molecule has 2 aromatic carbocycles. The first kappa shape index (κ1) is 18.4. The van der Waals surface area contributed by atoms with Gasteiger partial charge in [0.1, 0.15) is 5.75 Å². The highest BCUT2D eigenvalue weighted by molar-refractivity contribution is 7.89. The molecule has 0 bridgehead atoms. The Morgan fingerprint density at radius 2 is 2.08 bits per heavy atom. The molecule has 8 heteroatoms. The highest BCUT2D eigenvalue weighted by atomic mass is 32.2. The maximum absolute atomic E-state index is 12.6. The number of nitrogens with two attached hydrogens (primary N) is 1. The van der Waals surface area contributed by atoms with Crippen LogP contribution in [0.3, 0.4) is 0 Å². The van der Waals surface area contributed by atoms with Crippen LogP contribution in [0, 0.1) is 0 Å². The van der Waals surface area contributed by atoms with E-state index in [1.807, 2.05) is 18.2 Å². The molecular formula is C18H21N3O4S. The number of ether oxygens (including phenoxy) is 1. The van der Waals surface area contributed by atoms with Crippen LogP contribution in [-0.2, 0) is 16.4 Å². The number of methoxy groups -OCH3 is 1. The summed E-state index contributed by atoms with van der Waals surface area (Å²) in [5.41, 5.74) is 7.64. The fourth-order valence-electron chi connectivity index (χ4n) is 3.10. The van der Waals surface area contributed by atoms with Crippen LogP contribution in [0.2, 0.25) is 0 Å². The minimum absolute atomic E-state index is 0.0245. The maximum atomic E-state index is 12.6. The molecule has 0 aliphatic carbocycles. The van der Waals surface area contributed by atoms with E-state index in [9.17, 15) is 13.2 Å². The third-order valence-electron chi connectivity index (χ3n) is 4.44. The molecule has 0 aromatic heterocycles. The van der Waals surface area contributed by atoms with Crippen molar-refractivity contribution in [3.8, 4) is 5.75 Å². The number of nitrogens with one attached hydrogen (secondary N) is 2. The Kier molecular flexibility index (Phi) is 5.26. The molecule has 7 nitrogen and oxygen atoms in total. The van der Waals surface area contributed by atoms with Crippen LogP contribution in [0.15, 0.2) is 47.4 Å². The zero-order valence-electron chi connectivity index (χ0n) is 14.4. The molecule has 1 atom stereocenters. The number of amides is 1. The number of fused-ring (bicyclic) bond motifs is 1. The normalized spacial score (nSPS) is 16.7. The summed E-state index contributed by atoms with van der Waals surface area (Å²) < 4.78 is 32.9. The van der Waals surface area contributed by atoms with Gasteiger partial charge in [-0.25, -0.2) is 13.1 Å². The number of rotatable bonds is 6. The molecule has 138 valence electrons. The van der Waals surface area contributed by atoms with E-state index in [0.717, 1.165) is 18.5 Å². The number of primary amides is 1. The van der Waals surface area contributed by atoms with Crippen molar-refractivity contribution in [2.24, 2.45) is 5.73 Å². The Bertz CT molecular complexity index is 928. The lowest BCUT2D eigenvalue weighted by molar-refractivity contribution is 0.0997. The van der Waals surface area contributed by atoms with Gasteiger partial charge in [-0.3, -0.25) is 4.79 Å². The molecule has 3 rings (SSSR count). The summed E-state index contributed by atoms with van der Waals surface area (Å²) in [7, 11) is -2.41. The molecule has 1 heterocycles. The Balaban J connectivity index is 1.80. The van der Waals surface area contributed by atoms with E-state index in [0.29, 0.717) is 0 Å². The molecular weight excluding hydrogens is 354 g/mol. The van der Waals surface area contributed by atoms with Crippen LogP contribution < -0.4 is 20.5 Å². The van der Waals surface area contributed by atoms with Gasteiger partial charge in [0.25, 0.3) is 5.91 Å². The van der Waals surface area contributed by atoms with Crippen molar-refractivity contribution >= 4 is 15.9 Å². The third-order valence-corrected chi connectivity index (χ3v) is 5.86. The van der Waals surface area contributed by atoms with Crippen LogP contribution in [0.25, 0.3) is 0 Å². The lowest BCUT2D eigenvalue weighted by Gasteiger charge is -2.27. The molecule has 0 saturated heterocycles. The number of hydrogen-bond acceptors (Lipinski definition) is 5. The summed E-state index contributed by atoms with van der Waals surface area (Å²) in [5, 5.41) is 3.33. The molecule has 0 spiro atoms. The largest absolute Gasteiger partial charge is 0.496 e. The lowest BCUT2D eigenvalue weighted by Crippen LogP contribution is -2.38. The second kappa shape index (κ2) is 7.45. The minimum Gasteiger partial charge on any atom is -0.496 e. The second-order valence-electron chi connectivity index (χ2n) is 6.03. The number of benzene rings is 2. The summed E-state index contributed by atoms with van der Waals surface area (Å²) in [6, 6.07) is 11.9. The van der Waals surface area contributed by atoms with Crippen molar-refractivity contribution in [1.29, 1.82) is 0 Å². The van der Waals surface area contributed by atoms with E-state index in [2.05, 4.69) is 16.1 Å². The summed E-state index contributed by atoms with van der Waals surface area (Å²) in [5.74, 6) is -0.513. The standard InChI is InChI=1S/C18H21N3O4S/c1-25-17-7-6-13(10-15(17)18(19)22)26(23,24)21-11-16-14-5-3-2-4-12(14)8-9-20-16/h2-7,10,16,20-21H,8-9,11H2,1H3,(H2,19,22). The molecule has 26 heavy (non-hydrogen) atoms. The Morgan fingerprint density at radius 1 is 1.31 bits per heavy atom. The molecule has 1 aliphatic heterocycles. The highest BCUT2D eigenvalue weighted by Gasteiger charge is 2.23. The van der Waals surface area contributed by atoms with Crippen molar-refractivity contribution in [2.75, 3.05) is 20.2 Å². The Hall–Kier alpha value is -2.42. The number of sulfonamides is 1. The molecule has 1 aliphatic rings. The monoisotopic (exact) mass is 375 g/mol. The van der Waals surface area contributed by atoms with Crippen molar-refractivity contribution in [3.63, 3.8) is 0 Å². The summed E-state index contributed by atoms with van der Waals surface area (Å²) in [6.07, 6.45) is 0.917. The molecule has 0 fully saturated rings. The van der Waals surface area contributed by atoms with E-state index in [4.69, 9.17) is 10.5 Å².